The topological polar surface area (TPSA) is 20.3 Å². The van der Waals surface area contributed by atoms with E-state index in [4.69, 9.17) is 0 Å². The number of benzene rings is 1. The summed E-state index contributed by atoms with van der Waals surface area (Å²) in [4.78, 5) is 12.8. The Kier molecular flexibility index (Phi) is 21.1. The molecule has 0 spiro atoms. The summed E-state index contributed by atoms with van der Waals surface area (Å²) in [5.74, 6) is 0.0469. The maximum absolute atomic E-state index is 11.3. The lowest BCUT2D eigenvalue weighted by molar-refractivity contribution is 0.0827. The van der Waals surface area contributed by atoms with Gasteiger partial charge in [-0.1, -0.05) is 59.7 Å². The number of amides is 1. The summed E-state index contributed by atoms with van der Waals surface area (Å²) in [6, 6.07) is 9.23. The van der Waals surface area contributed by atoms with Crippen LogP contribution in [0.3, 0.4) is 0 Å². The van der Waals surface area contributed by atoms with Crippen LogP contribution in [0, 0.1) is 0 Å². The van der Waals surface area contributed by atoms with E-state index in [9.17, 15) is 4.79 Å². The molecule has 0 aliphatic heterocycles. The fourth-order valence-electron chi connectivity index (χ4n) is 0.839. The van der Waals surface area contributed by atoms with E-state index in [1.807, 2.05) is 71.9 Å². The van der Waals surface area contributed by atoms with Crippen molar-refractivity contribution in [1.82, 2.24) is 4.90 Å². The predicted octanol–water partition coefficient (Wildman–Crippen LogP) is 4.47. The molecule has 0 aromatic heterocycles. The Morgan fingerprint density at radius 2 is 1.18 bits per heavy atom. The Bertz CT molecular complexity index is 242. The Balaban J connectivity index is -0.000000285. The summed E-state index contributed by atoms with van der Waals surface area (Å²) < 4.78 is 0. The van der Waals surface area contributed by atoms with E-state index in [1.54, 1.807) is 19.0 Å². The van der Waals surface area contributed by atoms with E-state index in [2.05, 4.69) is 0 Å². The summed E-state index contributed by atoms with van der Waals surface area (Å²) in [5, 5.41) is 0. The van der Waals surface area contributed by atoms with Crippen molar-refractivity contribution in [2.24, 2.45) is 0 Å². The normalized spacial score (nSPS) is 7.06. The van der Waals surface area contributed by atoms with E-state index in [1.165, 1.54) is 0 Å². The number of rotatable bonds is 1. The molecule has 0 heterocycles. The Hall–Kier alpha value is -1.31. The summed E-state index contributed by atoms with van der Waals surface area (Å²) >= 11 is 0. The summed E-state index contributed by atoms with van der Waals surface area (Å²) in [7, 11) is 3.49. The Labute approximate surface area is 108 Å². The van der Waals surface area contributed by atoms with Crippen molar-refractivity contribution in [1.29, 1.82) is 0 Å². The van der Waals surface area contributed by atoms with Gasteiger partial charge in [0.15, 0.2) is 0 Å². The van der Waals surface area contributed by atoms with Gasteiger partial charge in [-0.25, -0.2) is 0 Å². The Morgan fingerprint density at radius 1 is 0.824 bits per heavy atom. The molecule has 0 radical (unpaired) electrons. The van der Waals surface area contributed by atoms with Crippen LogP contribution in [0.1, 0.15) is 51.9 Å². The number of carbonyl (C=O) groups excluding carboxylic acids is 1. The van der Waals surface area contributed by atoms with Gasteiger partial charge in [-0.05, 0) is 12.1 Å². The van der Waals surface area contributed by atoms with Crippen LogP contribution in [0.15, 0.2) is 30.3 Å². The molecule has 0 bridgehead atoms. The van der Waals surface area contributed by atoms with Gasteiger partial charge in [0, 0.05) is 19.7 Å². The number of nitrogens with zero attached hydrogens (tertiary/aromatic N) is 1. The first-order valence-electron chi connectivity index (χ1n) is 6.48. The third-order valence-corrected chi connectivity index (χ3v) is 1.43. The highest BCUT2D eigenvalue weighted by Gasteiger charge is 2.04. The minimum Gasteiger partial charge on any atom is -0.345 e. The van der Waals surface area contributed by atoms with Crippen molar-refractivity contribution in [3.63, 3.8) is 0 Å². The molecule has 17 heavy (non-hydrogen) atoms. The standard InChI is InChI=1S/C9H11NO.3C2H6/c1-10(2)9(11)8-6-4-3-5-7-8;3*1-2/h3-7H,1-2H3;3*1-2H3. The van der Waals surface area contributed by atoms with Crippen molar-refractivity contribution < 1.29 is 4.79 Å². The van der Waals surface area contributed by atoms with Crippen molar-refractivity contribution >= 4 is 5.91 Å². The van der Waals surface area contributed by atoms with Gasteiger partial charge in [0.1, 0.15) is 0 Å². The molecule has 0 atom stereocenters. The molecule has 1 amide bonds. The average Bonchev–Trinajstić information content (AvgIpc) is 2.45. The van der Waals surface area contributed by atoms with E-state index in [0.29, 0.717) is 0 Å². The zero-order valence-corrected chi connectivity index (χ0v) is 12.7. The van der Waals surface area contributed by atoms with Crippen LogP contribution in [0.2, 0.25) is 0 Å². The lowest BCUT2D eigenvalue weighted by atomic mass is 10.2. The van der Waals surface area contributed by atoms with Gasteiger partial charge in [-0.15, -0.1) is 0 Å². The van der Waals surface area contributed by atoms with Gasteiger partial charge in [-0.2, -0.15) is 0 Å². The molecule has 0 fully saturated rings. The van der Waals surface area contributed by atoms with Gasteiger partial charge in [0.25, 0.3) is 5.91 Å². The third-order valence-electron chi connectivity index (χ3n) is 1.43. The third kappa shape index (κ3) is 11.0. The number of hydrogen-bond acceptors (Lipinski definition) is 1. The van der Waals surface area contributed by atoms with Gasteiger partial charge in [-0.3, -0.25) is 4.79 Å². The highest BCUT2D eigenvalue weighted by Crippen LogP contribution is 2.00. The maximum atomic E-state index is 11.3. The van der Waals surface area contributed by atoms with Crippen LogP contribution < -0.4 is 0 Å². The highest BCUT2D eigenvalue weighted by molar-refractivity contribution is 5.93. The van der Waals surface area contributed by atoms with Gasteiger partial charge >= 0.3 is 0 Å². The first-order valence-corrected chi connectivity index (χ1v) is 6.48. The molecule has 2 heteroatoms. The van der Waals surface area contributed by atoms with Gasteiger partial charge < -0.3 is 4.90 Å². The zero-order valence-electron chi connectivity index (χ0n) is 12.7. The number of hydrogen-bond donors (Lipinski definition) is 0. The molecular formula is C15H29NO. The average molecular weight is 239 g/mol. The van der Waals surface area contributed by atoms with Crippen molar-refractivity contribution in [3.8, 4) is 0 Å². The van der Waals surface area contributed by atoms with Crippen LogP contribution in [-0.4, -0.2) is 24.9 Å². The van der Waals surface area contributed by atoms with Crippen molar-refractivity contribution in [2.75, 3.05) is 14.1 Å². The van der Waals surface area contributed by atoms with Crippen LogP contribution in [-0.2, 0) is 0 Å². The Morgan fingerprint density at radius 3 is 1.47 bits per heavy atom. The molecule has 0 aliphatic carbocycles. The quantitative estimate of drug-likeness (QED) is 0.708. The SMILES string of the molecule is CC.CC.CC.CN(C)C(=O)c1ccccc1. The minimum absolute atomic E-state index is 0.0469. The fourth-order valence-corrected chi connectivity index (χ4v) is 0.839. The summed E-state index contributed by atoms with van der Waals surface area (Å²) in [6.07, 6.45) is 0. The summed E-state index contributed by atoms with van der Waals surface area (Å²) in [6.45, 7) is 12.0. The predicted molar refractivity (Wildman–Crippen MR) is 78.5 cm³/mol. The van der Waals surface area contributed by atoms with Crippen molar-refractivity contribution in [3.05, 3.63) is 35.9 Å². The second kappa shape index (κ2) is 17.1. The molecule has 1 rings (SSSR count). The fraction of sp³-hybridized carbons (Fsp3) is 0.533. The molecule has 0 saturated heterocycles. The molecule has 100 valence electrons. The lowest BCUT2D eigenvalue weighted by Gasteiger charge is -2.08. The van der Waals surface area contributed by atoms with E-state index >= 15 is 0 Å². The molecule has 0 N–H and O–H groups in total. The number of carbonyl (C=O) groups is 1. The molecule has 2 nitrogen and oxygen atoms in total. The summed E-state index contributed by atoms with van der Waals surface area (Å²) in [5.41, 5.74) is 0.734. The van der Waals surface area contributed by atoms with Crippen LogP contribution >= 0.6 is 0 Å². The lowest BCUT2D eigenvalue weighted by Crippen LogP contribution is -2.21. The van der Waals surface area contributed by atoms with E-state index < -0.39 is 0 Å². The smallest absolute Gasteiger partial charge is 0.253 e. The largest absolute Gasteiger partial charge is 0.345 e. The molecule has 0 unspecified atom stereocenters. The zero-order chi connectivity index (χ0) is 14.3. The van der Waals surface area contributed by atoms with Crippen LogP contribution in [0.25, 0.3) is 0 Å². The molecular weight excluding hydrogens is 210 g/mol. The van der Waals surface area contributed by atoms with Crippen LogP contribution in [0.4, 0.5) is 0 Å². The van der Waals surface area contributed by atoms with Crippen LogP contribution in [0.5, 0.6) is 0 Å². The van der Waals surface area contributed by atoms with Gasteiger partial charge in [0.05, 0.1) is 0 Å². The van der Waals surface area contributed by atoms with Gasteiger partial charge in [0.2, 0.25) is 0 Å². The second-order valence-electron chi connectivity index (χ2n) is 2.57. The van der Waals surface area contributed by atoms with E-state index in [0.717, 1.165) is 5.56 Å². The molecule has 0 saturated carbocycles. The first kappa shape index (κ1) is 21.0. The second-order valence-corrected chi connectivity index (χ2v) is 2.57. The monoisotopic (exact) mass is 239 g/mol. The molecule has 1 aromatic rings. The molecule has 0 aliphatic rings. The highest BCUT2D eigenvalue weighted by atomic mass is 16.2. The minimum atomic E-state index is 0.0469. The van der Waals surface area contributed by atoms with E-state index in [-0.39, 0.29) is 5.91 Å². The van der Waals surface area contributed by atoms with Crippen molar-refractivity contribution in [2.45, 2.75) is 41.5 Å². The molecule has 1 aromatic carbocycles. The first-order chi connectivity index (χ1) is 8.22. The maximum Gasteiger partial charge on any atom is 0.253 e.